The van der Waals surface area contributed by atoms with Crippen LogP contribution in [0, 0.1) is 0 Å². The van der Waals surface area contributed by atoms with E-state index in [1.165, 1.54) is 11.8 Å². The smallest absolute Gasteiger partial charge is 0.336 e. The molecule has 0 aliphatic heterocycles. The van der Waals surface area contributed by atoms with E-state index in [9.17, 15) is 9.59 Å². The zero-order valence-electron chi connectivity index (χ0n) is 11.9. The number of aromatic carboxylic acids is 1. The second-order valence-electron chi connectivity index (χ2n) is 5.45. The number of hydrogen-bond acceptors (Lipinski definition) is 3. The van der Waals surface area contributed by atoms with Crippen molar-refractivity contribution in [2.45, 2.75) is 43.4 Å². The third kappa shape index (κ3) is 5.17. The van der Waals surface area contributed by atoms with Crippen LogP contribution in [0.15, 0.2) is 27.6 Å². The van der Waals surface area contributed by atoms with Crippen molar-refractivity contribution in [3.8, 4) is 0 Å². The topological polar surface area (TPSA) is 66.4 Å². The van der Waals surface area contributed by atoms with Gasteiger partial charge in [0.1, 0.15) is 0 Å². The average molecular weight is 360 g/mol. The predicted octanol–water partition coefficient (Wildman–Crippen LogP) is 3.54. The Labute approximate surface area is 131 Å². The van der Waals surface area contributed by atoms with Crippen molar-refractivity contribution in [2.24, 2.45) is 0 Å². The number of benzene rings is 1. The molecule has 0 saturated heterocycles. The van der Waals surface area contributed by atoms with Gasteiger partial charge in [0.2, 0.25) is 5.91 Å². The van der Waals surface area contributed by atoms with Gasteiger partial charge in [-0.25, -0.2) is 4.79 Å². The highest BCUT2D eigenvalue weighted by Gasteiger charge is 2.20. The minimum absolute atomic E-state index is 0.0673. The van der Waals surface area contributed by atoms with Crippen LogP contribution in [0.2, 0.25) is 0 Å². The van der Waals surface area contributed by atoms with Gasteiger partial charge in [-0.15, -0.1) is 11.8 Å². The summed E-state index contributed by atoms with van der Waals surface area (Å²) < 4.78 is 0.529. The molecule has 0 bridgehead atoms. The number of carboxylic acid groups (broad SMARTS) is 1. The fraction of sp³-hybridized carbons (Fsp3) is 0.429. The predicted molar refractivity (Wildman–Crippen MR) is 84.3 cm³/mol. The van der Waals surface area contributed by atoms with E-state index in [2.05, 4.69) is 21.2 Å². The van der Waals surface area contributed by atoms with Crippen molar-refractivity contribution in [3.63, 3.8) is 0 Å². The average Bonchev–Trinajstić information content (AvgIpc) is 2.28. The summed E-state index contributed by atoms with van der Waals surface area (Å²) in [6.45, 7) is 7.56. The van der Waals surface area contributed by atoms with Crippen LogP contribution in [0.1, 0.15) is 38.1 Å². The van der Waals surface area contributed by atoms with Crippen molar-refractivity contribution in [2.75, 3.05) is 0 Å². The number of rotatable bonds is 4. The van der Waals surface area contributed by atoms with E-state index < -0.39 is 5.97 Å². The third-order valence-electron chi connectivity index (χ3n) is 2.35. The lowest BCUT2D eigenvalue weighted by Crippen LogP contribution is -2.44. The number of carboxylic acids is 1. The van der Waals surface area contributed by atoms with Gasteiger partial charge in [-0.2, -0.15) is 0 Å². The summed E-state index contributed by atoms with van der Waals surface area (Å²) in [6.07, 6.45) is 0. The number of carbonyl (C=O) groups is 2. The summed E-state index contributed by atoms with van der Waals surface area (Å²) in [5, 5.41) is 11.7. The van der Waals surface area contributed by atoms with Crippen LogP contribution in [0.3, 0.4) is 0 Å². The van der Waals surface area contributed by atoms with Crippen molar-refractivity contribution in [1.29, 1.82) is 0 Å². The molecule has 0 aliphatic rings. The molecule has 0 saturated carbocycles. The maximum Gasteiger partial charge on any atom is 0.336 e. The molecule has 2 N–H and O–H groups in total. The van der Waals surface area contributed by atoms with Gasteiger partial charge in [0, 0.05) is 14.9 Å². The van der Waals surface area contributed by atoms with E-state index in [0.717, 1.165) is 4.90 Å². The zero-order chi connectivity index (χ0) is 15.5. The van der Waals surface area contributed by atoms with Gasteiger partial charge in [0.25, 0.3) is 0 Å². The summed E-state index contributed by atoms with van der Waals surface area (Å²) in [4.78, 5) is 23.8. The Morgan fingerprint density at radius 3 is 2.45 bits per heavy atom. The Bertz CT molecular complexity index is 526. The second-order valence-corrected chi connectivity index (χ2v) is 7.71. The Morgan fingerprint density at radius 1 is 1.35 bits per heavy atom. The monoisotopic (exact) mass is 359 g/mol. The molecule has 20 heavy (non-hydrogen) atoms. The molecule has 0 radical (unpaired) electrons. The lowest BCUT2D eigenvalue weighted by atomic mass is 10.1. The summed E-state index contributed by atoms with van der Waals surface area (Å²) in [7, 11) is 0. The Balaban J connectivity index is 2.81. The van der Waals surface area contributed by atoms with Crippen molar-refractivity contribution in [3.05, 3.63) is 28.2 Å². The van der Waals surface area contributed by atoms with Crippen LogP contribution in [0.25, 0.3) is 0 Å². The molecule has 1 amide bonds. The number of thioether (sulfide) groups is 1. The van der Waals surface area contributed by atoms with Crippen LogP contribution in [0.5, 0.6) is 0 Å². The second kappa shape index (κ2) is 6.63. The highest BCUT2D eigenvalue weighted by molar-refractivity contribution is 9.10. The molecule has 1 aromatic carbocycles. The van der Waals surface area contributed by atoms with Gasteiger partial charge >= 0.3 is 5.97 Å². The molecule has 1 unspecified atom stereocenters. The van der Waals surface area contributed by atoms with Crippen LogP contribution >= 0.6 is 27.7 Å². The molecule has 0 aliphatic carbocycles. The van der Waals surface area contributed by atoms with E-state index in [1.54, 1.807) is 25.1 Å². The molecule has 0 spiro atoms. The minimum Gasteiger partial charge on any atom is -0.478 e. The Morgan fingerprint density at radius 2 is 1.95 bits per heavy atom. The van der Waals surface area contributed by atoms with Crippen molar-refractivity contribution in [1.82, 2.24) is 5.32 Å². The van der Waals surface area contributed by atoms with Gasteiger partial charge in [-0.3, -0.25) is 4.79 Å². The maximum atomic E-state index is 12.0. The lowest BCUT2D eigenvalue weighted by molar-refractivity contribution is -0.121. The van der Waals surface area contributed by atoms with E-state index in [4.69, 9.17) is 5.11 Å². The maximum absolute atomic E-state index is 12.0. The molecule has 0 aromatic heterocycles. The van der Waals surface area contributed by atoms with Gasteiger partial charge in [0.05, 0.1) is 10.8 Å². The highest BCUT2D eigenvalue weighted by Crippen LogP contribution is 2.28. The Hall–Kier alpha value is -1.01. The first-order valence-electron chi connectivity index (χ1n) is 6.11. The van der Waals surface area contributed by atoms with Crippen LogP contribution in [-0.2, 0) is 4.79 Å². The van der Waals surface area contributed by atoms with Crippen LogP contribution in [-0.4, -0.2) is 27.8 Å². The molecule has 6 heteroatoms. The number of carbonyl (C=O) groups excluding carboxylic acids is 1. The molecule has 110 valence electrons. The van der Waals surface area contributed by atoms with Crippen LogP contribution in [0.4, 0.5) is 0 Å². The van der Waals surface area contributed by atoms with E-state index >= 15 is 0 Å². The lowest BCUT2D eigenvalue weighted by Gasteiger charge is -2.23. The molecule has 1 aromatic rings. The summed E-state index contributed by atoms with van der Waals surface area (Å²) in [6, 6.07) is 5.04. The number of hydrogen-bond donors (Lipinski definition) is 2. The number of halogens is 1. The molecule has 1 atom stereocenters. The molecular weight excluding hydrogens is 342 g/mol. The molecule has 0 heterocycles. The first-order chi connectivity index (χ1) is 9.10. The van der Waals surface area contributed by atoms with E-state index in [-0.39, 0.29) is 22.3 Å². The Kier molecular flexibility index (Phi) is 5.65. The summed E-state index contributed by atoms with van der Waals surface area (Å²) >= 11 is 4.53. The SMILES string of the molecule is CC(Sc1ccc(Br)c(C(=O)O)c1)C(=O)NC(C)(C)C. The molecular formula is C14H18BrNO3S. The van der Waals surface area contributed by atoms with Gasteiger partial charge < -0.3 is 10.4 Å². The van der Waals surface area contributed by atoms with E-state index in [0.29, 0.717) is 4.47 Å². The van der Waals surface area contributed by atoms with Crippen molar-refractivity contribution >= 4 is 39.6 Å². The quantitative estimate of drug-likeness (QED) is 0.806. The molecule has 4 nitrogen and oxygen atoms in total. The zero-order valence-corrected chi connectivity index (χ0v) is 14.3. The van der Waals surface area contributed by atoms with Gasteiger partial charge in [-0.05, 0) is 61.8 Å². The third-order valence-corrected chi connectivity index (χ3v) is 4.13. The van der Waals surface area contributed by atoms with Gasteiger partial charge in [-0.1, -0.05) is 0 Å². The standard InChI is InChI=1S/C14H18BrNO3S/c1-8(12(17)16-14(2,3)4)20-9-5-6-11(15)10(7-9)13(18)19/h5-8H,1-4H3,(H,16,17)(H,18,19). The first-order valence-corrected chi connectivity index (χ1v) is 7.79. The largest absolute Gasteiger partial charge is 0.478 e. The normalized spacial score (nSPS) is 12.8. The first kappa shape index (κ1) is 17.0. The number of nitrogens with one attached hydrogen (secondary N) is 1. The number of amides is 1. The fourth-order valence-electron chi connectivity index (χ4n) is 1.47. The molecule has 0 fully saturated rings. The minimum atomic E-state index is -0.994. The fourth-order valence-corrected chi connectivity index (χ4v) is 2.79. The van der Waals surface area contributed by atoms with Crippen LogP contribution < -0.4 is 5.32 Å². The van der Waals surface area contributed by atoms with Crippen molar-refractivity contribution < 1.29 is 14.7 Å². The van der Waals surface area contributed by atoms with E-state index in [1.807, 2.05) is 20.8 Å². The highest BCUT2D eigenvalue weighted by atomic mass is 79.9. The molecule has 1 rings (SSSR count). The van der Waals surface area contributed by atoms with Gasteiger partial charge in [0.15, 0.2) is 0 Å². The summed E-state index contributed by atoms with van der Waals surface area (Å²) in [5.41, 5.74) is -0.0869. The summed E-state index contributed by atoms with van der Waals surface area (Å²) in [5.74, 6) is -1.06.